The first-order valence-electron chi connectivity index (χ1n) is 3.46. The van der Waals surface area contributed by atoms with Crippen LogP contribution in [0.15, 0.2) is 10.8 Å². The summed E-state index contributed by atoms with van der Waals surface area (Å²) >= 11 is 15.0. The Balaban J connectivity index is 2.94. The second-order valence-electron chi connectivity index (χ2n) is 2.54. The highest BCUT2D eigenvalue weighted by Crippen LogP contribution is 2.23. The minimum atomic E-state index is 0.307. The fraction of sp³-hybridized carbons (Fsp3) is 0.143. The van der Waals surface area contributed by atoms with Crippen LogP contribution in [-0.2, 0) is 0 Å². The van der Waals surface area contributed by atoms with Crippen molar-refractivity contribution in [2.75, 3.05) is 0 Å². The second kappa shape index (κ2) is 3.12. The zero-order valence-electron chi connectivity index (χ0n) is 6.55. The molecule has 0 atom stereocenters. The van der Waals surface area contributed by atoms with Gasteiger partial charge in [-0.05, 0) is 22.9 Å². The van der Waals surface area contributed by atoms with E-state index in [9.17, 15) is 0 Å². The van der Waals surface area contributed by atoms with Gasteiger partial charge in [-0.2, -0.15) is 0 Å². The van der Waals surface area contributed by atoms with Crippen LogP contribution in [0.4, 0.5) is 0 Å². The number of rotatable bonds is 0. The summed E-state index contributed by atoms with van der Waals surface area (Å²) in [7, 11) is 0. The minimum Gasteiger partial charge on any atom is -0.288 e. The number of hydrogen-bond acceptors (Lipinski definition) is 2. The molecule has 2 aromatic heterocycles. The average molecular weight is 281 g/mol. The first-order valence-corrected chi connectivity index (χ1v) is 5.00. The van der Waals surface area contributed by atoms with Gasteiger partial charge in [0.05, 0.1) is 5.69 Å². The molecule has 6 heteroatoms. The summed E-state index contributed by atoms with van der Waals surface area (Å²) in [6, 6.07) is 0. The third-order valence-electron chi connectivity index (χ3n) is 1.64. The molecule has 13 heavy (non-hydrogen) atoms. The summed E-state index contributed by atoms with van der Waals surface area (Å²) in [6.07, 6.45) is 1.66. The van der Waals surface area contributed by atoms with Crippen LogP contribution in [0.1, 0.15) is 5.69 Å². The molecule has 0 aliphatic carbocycles. The van der Waals surface area contributed by atoms with E-state index in [0.29, 0.717) is 16.0 Å². The molecule has 0 aliphatic heterocycles. The first kappa shape index (κ1) is 9.24. The quantitative estimate of drug-likeness (QED) is 0.742. The number of aryl methyl sites for hydroxylation is 1. The Kier molecular flexibility index (Phi) is 2.21. The second-order valence-corrected chi connectivity index (χ2v) is 4.03. The van der Waals surface area contributed by atoms with E-state index >= 15 is 0 Å². The molecule has 2 heterocycles. The Labute approximate surface area is 92.8 Å². The Bertz CT molecular complexity index is 480. The standard InChI is InChI=1S/C7H4BrCl2N3/c1-3-5(8)13-2-4(9)12-6(10)7(13)11-3/h2H,1H3. The molecule has 0 N–H and O–H groups in total. The van der Waals surface area contributed by atoms with Gasteiger partial charge in [0, 0.05) is 6.20 Å². The normalized spacial score (nSPS) is 11.1. The van der Waals surface area contributed by atoms with Crippen molar-refractivity contribution < 1.29 is 0 Å². The zero-order valence-corrected chi connectivity index (χ0v) is 9.65. The lowest BCUT2D eigenvalue weighted by molar-refractivity contribution is 1.10. The Hall–Kier alpha value is -0.320. The highest BCUT2D eigenvalue weighted by molar-refractivity contribution is 9.10. The van der Waals surface area contributed by atoms with Gasteiger partial charge in [-0.1, -0.05) is 23.2 Å². The number of aromatic nitrogens is 3. The Morgan fingerprint density at radius 3 is 2.77 bits per heavy atom. The van der Waals surface area contributed by atoms with Gasteiger partial charge in [0.1, 0.15) is 9.76 Å². The molecule has 2 aromatic rings. The molecule has 0 radical (unpaired) electrons. The van der Waals surface area contributed by atoms with Crippen LogP contribution in [0.25, 0.3) is 5.65 Å². The molecule has 2 rings (SSSR count). The fourth-order valence-corrected chi connectivity index (χ4v) is 1.88. The van der Waals surface area contributed by atoms with E-state index in [0.717, 1.165) is 10.3 Å². The maximum atomic E-state index is 5.85. The van der Waals surface area contributed by atoms with Gasteiger partial charge >= 0.3 is 0 Å². The molecule has 0 saturated carbocycles. The van der Waals surface area contributed by atoms with Gasteiger partial charge in [-0.15, -0.1) is 0 Å². The summed E-state index contributed by atoms with van der Waals surface area (Å²) in [6.45, 7) is 1.88. The highest BCUT2D eigenvalue weighted by Gasteiger charge is 2.10. The topological polar surface area (TPSA) is 30.2 Å². The summed E-state index contributed by atoms with van der Waals surface area (Å²) in [5, 5.41) is 0.650. The van der Waals surface area contributed by atoms with E-state index < -0.39 is 0 Å². The first-order chi connectivity index (χ1) is 6.09. The lowest BCUT2D eigenvalue weighted by atomic mass is 10.6. The number of fused-ring (bicyclic) bond motifs is 1. The van der Waals surface area contributed by atoms with Crippen LogP contribution in [0.3, 0.4) is 0 Å². The highest BCUT2D eigenvalue weighted by atomic mass is 79.9. The maximum absolute atomic E-state index is 5.85. The van der Waals surface area contributed by atoms with Crippen molar-refractivity contribution in [2.24, 2.45) is 0 Å². The predicted molar refractivity (Wildman–Crippen MR) is 55.4 cm³/mol. The smallest absolute Gasteiger partial charge is 0.176 e. The number of hydrogen-bond donors (Lipinski definition) is 0. The van der Waals surface area contributed by atoms with Crippen molar-refractivity contribution in [1.82, 2.24) is 14.4 Å². The van der Waals surface area contributed by atoms with Crippen LogP contribution in [0.5, 0.6) is 0 Å². The van der Waals surface area contributed by atoms with E-state index in [-0.39, 0.29) is 0 Å². The van der Waals surface area contributed by atoms with Crippen molar-refractivity contribution in [3.05, 3.63) is 26.8 Å². The molecule has 0 amide bonds. The van der Waals surface area contributed by atoms with Crippen molar-refractivity contribution >= 4 is 44.8 Å². The molecule has 0 bridgehead atoms. The number of nitrogens with zero attached hydrogens (tertiary/aromatic N) is 3. The molecule has 0 aromatic carbocycles. The summed E-state index contributed by atoms with van der Waals surface area (Å²) < 4.78 is 2.60. The van der Waals surface area contributed by atoms with E-state index in [1.54, 1.807) is 10.6 Å². The minimum absolute atomic E-state index is 0.307. The monoisotopic (exact) mass is 279 g/mol. The van der Waals surface area contributed by atoms with E-state index in [1.165, 1.54) is 0 Å². The van der Waals surface area contributed by atoms with Crippen molar-refractivity contribution in [3.63, 3.8) is 0 Å². The SMILES string of the molecule is Cc1nc2c(Cl)nc(Cl)cn2c1Br. The average Bonchev–Trinajstić information content (AvgIpc) is 2.32. The third-order valence-corrected chi connectivity index (χ3v) is 3.03. The predicted octanol–water partition coefficient (Wildman–Crippen LogP) is 3.11. The van der Waals surface area contributed by atoms with Crippen LogP contribution >= 0.6 is 39.1 Å². The molecule has 3 nitrogen and oxygen atoms in total. The summed E-state index contributed by atoms with van der Waals surface area (Å²) in [4.78, 5) is 8.10. The van der Waals surface area contributed by atoms with Gasteiger partial charge < -0.3 is 0 Å². The number of halogens is 3. The molecular formula is C7H4BrCl2N3. The van der Waals surface area contributed by atoms with Gasteiger partial charge in [0.25, 0.3) is 0 Å². The van der Waals surface area contributed by atoms with Gasteiger partial charge in [0.15, 0.2) is 10.8 Å². The number of imidazole rings is 1. The largest absolute Gasteiger partial charge is 0.288 e. The van der Waals surface area contributed by atoms with Crippen LogP contribution in [0.2, 0.25) is 10.3 Å². The van der Waals surface area contributed by atoms with E-state index in [4.69, 9.17) is 23.2 Å². The summed E-state index contributed by atoms with van der Waals surface area (Å²) in [5.41, 5.74) is 1.46. The maximum Gasteiger partial charge on any atom is 0.176 e. The molecule has 0 spiro atoms. The van der Waals surface area contributed by atoms with Crippen LogP contribution in [-0.4, -0.2) is 14.4 Å². The molecule has 0 aliphatic rings. The van der Waals surface area contributed by atoms with Crippen molar-refractivity contribution in [3.8, 4) is 0 Å². The van der Waals surface area contributed by atoms with Gasteiger partial charge in [-0.25, -0.2) is 9.97 Å². The van der Waals surface area contributed by atoms with Crippen LogP contribution < -0.4 is 0 Å². The van der Waals surface area contributed by atoms with Crippen LogP contribution in [0, 0.1) is 6.92 Å². The summed E-state index contributed by atoms with van der Waals surface area (Å²) in [5.74, 6) is 0. The lowest BCUT2D eigenvalue weighted by Crippen LogP contribution is -1.89. The van der Waals surface area contributed by atoms with E-state index in [2.05, 4.69) is 25.9 Å². The molecule has 0 fully saturated rings. The van der Waals surface area contributed by atoms with E-state index in [1.807, 2.05) is 6.92 Å². The Morgan fingerprint density at radius 2 is 2.08 bits per heavy atom. The Morgan fingerprint density at radius 1 is 1.38 bits per heavy atom. The molecular weight excluding hydrogens is 277 g/mol. The van der Waals surface area contributed by atoms with Crippen molar-refractivity contribution in [2.45, 2.75) is 6.92 Å². The molecule has 0 unspecified atom stereocenters. The molecule has 68 valence electrons. The molecule has 0 saturated heterocycles. The van der Waals surface area contributed by atoms with Crippen molar-refractivity contribution in [1.29, 1.82) is 0 Å². The fourth-order valence-electron chi connectivity index (χ4n) is 1.07. The van der Waals surface area contributed by atoms with Gasteiger partial charge in [0.2, 0.25) is 0 Å². The third kappa shape index (κ3) is 1.43. The van der Waals surface area contributed by atoms with Gasteiger partial charge in [-0.3, -0.25) is 4.40 Å². The lowest BCUT2D eigenvalue weighted by Gasteiger charge is -1.97. The zero-order chi connectivity index (χ0) is 9.59.